The zero-order valence-corrected chi connectivity index (χ0v) is 23.7. The first kappa shape index (κ1) is 29.1. The second-order valence-electron chi connectivity index (χ2n) is 10.3. The summed E-state index contributed by atoms with van der Waals surface area (Å²) < 4.78 is 10.4. The molecule has 210 valence electrons. The van der Waals surface area contributed by atoms with Crippen LogP contribution in [0.15, 0.2) is 36.5 Å². The van der Waals surface area contributed by atoms with E-state index < -0.39 is 6.10 Å². The number of nitrogens with zero attached hydrogens (tertiary/aromatic N) is 2. The summed E-state index contributed by atoms with van der Waals surface area (Å²) in [5, 5.41) is 6.61. The van der Waals surface area contributed by atoms with Crippen molar-refractivity contribution in [3.05, 3.63) is 57.7 Å². The molecule has 1 aromatic carbocycles. The monoisotopic (exact) mass is 576 g/mol. The molecule has 2 N–H and O–H groups in total. The summed E-state index contributed by atoms with van der Waals surface area (Å²) in [7, 11) is 1.41. The Hall–Kier alpha value is -2.88. The van der Waals surface area contributed by atoms with Crippen LogP contribution in [0.3, 0.4) is 0 Å². The van der Waals surface area contributed by atoms with Gasteiger partial charge in [-0.15, -0.1) is 0 Å². The van der Waals surface area contributed by atoms with E-state index in [1.807, 2.05) is 19.1 Å². The predicted molar refractivity (Wildman–Crippen MR) is 148 cm³/mol. The number of pyridine rings is 1. The lowest BCUT2D eigenvalue weighted by Crippen LogP contribution is -2.66. The fourth-order valence-electron chi connectivity index (χ4n) is 5.30. The van der Waals surface area contributed by atoms with Gasteiger partial charge in [-0.05, 0) is 61.4 Å². The minimum absolute atomic E-state index is 0.115. The fraction of sp³-hybridized carbons (Fsp3) is 0.500. The number of hydrogen-bond donors (Lipinski definition) is 2. The van der Waals surface area contributed by atoms with Crippen molar-refractivity contribution in [2.45, 2.75) is 57.7 Å². The van der Waals surface area contributed by atoms with Gasteiger partial charge in [0.2, 0.25) is 5.88 Å². The number of carbonyl (C=O) groups is 3. The van der Waals surface area contributed by atoms with Gasteiger partial charge in [0.1, 0.15) is 5.02 Å². The van der Waals surface area contributed by atoms with Crippen LogP contribution < -0.4 is 15.4 Å². The van der Waals surface area contributed by atoms with Gasteiger partial charge >= 0.3 is 5.97 Å². The van der Waals surface area contributed by atoms with Crippen molar-refractivity contribution in [2.24, 2.45) is 5.41 Å². The molecule has 1 aliphatic heterocycles. The molecule has 1 saturated heterocycles. The van der Waals surface area contributed by atoms with Gasteiger partial charge in [0, 0.05) is 43.9 Å². The Morgan fingerprint density at radius 2 is 1.97 bits per heavy atom. The maximum atomic E-state index is 12.9. The lowest BCUT2D eigenvalue weighted by molar-refractivity contribution is -0.141. The van der Waals surface area contributed by atoms with Crippen molar-refractivity contribution in [1.82, 2.24) is 20.5 Å². The number of methoxy groups -OCH3 is 1. The van der Waals surface area contributed by atoms with Crippen molar-refractivity contribution in [3.8, 4) is 5.88 Å². The first-order valence-corrected chi connectivity index (χ1v) is 13.9. The van der Waals surface area contributed by atoms with Crippen LogP contribution in [0.25, 0.3) is 0 Å². The van der Waals surface area contributed by atoms with E-state index in [2.05, 4.69) is 25.3 Å². The molecule has 0 radical (unpaired) electrons. The molecule has 4 rings (SSSR count). The topological polar surface area (TPSA) is 110 Å². The fourth-order valence-corrected chi connectivity index (χ4v) is 5.72. The largest absolute Gasteiger partial charge is 0.469 e. The van der Waals surface area contributed by atoms with Gasteiger partial charge in [-0.1, -0.05) is 42.3 Å². The SMILES string of the molecule is CCC(Oc1ncc(Cl)cc1Cl)C(=O)NCc1cccc(C(=O)NC2CC3(C2)CN(CCCC(=O)OC)C3)c1. The van der Waals surface area contributed by atoms with Gasteiger partial charge in [0.05, 0.1) is 12.1 Å². The van der Waals surface area contributed by atoms with Crippen LogP contribution in [-0.4, -0.2) is 66.6 Å². The van der Waals surface area contributed by atoms with E-state index in [-0.39, 0.29) is 41.3 Å². The Morgan fingerprint density at radius 1 is 1.21 bits per heavy atom. The smallest absolute Gasteiger partial charge is 0.305 e. The van der Waals surface area contributed by atoms with Crippen molar-refractivity contribution < 1.29 is 23.9 Å². The Labute approximate surface area is 238 Å². The third kappa shape index (κ3) is 7.62. The molecule has 39 heavy (non-hydrogen) atoms. The van der Waals surface area contributed by atoms with Crippen molar-refractivity contribution in [1.29, 1.82) is 0 Å². The van der Waals surface area contributed by atoms with E-state index in [1.54, 1.807) is 12.1 Å². The average molecular weight is 578 g/mol. The summed E-state index contributed by atoms with van der Waals surface area (Å²) >= 11 is 12.0. The minimum Gasteiger partial charge on any atom is -0.469 e. The highest BCUT2D eigenvalue weighted by atomic mass is 35.5. The lowest BCUT2D eigenvalue weighted by Gasteiger charge is -2.59. The number of likely N-dealkylation sites (tertiary alicyclic amines) is 1. The number of esters is 1. The molecule has 11 heteroatoms. The molecule has 1 unspecified atom stereocenters. The number of amides is 2. The number of nitrogens with one attached hydrogen (secondary N) is 2. The van der Waals surface area contributed by atoms with Crippen LogP contribution in [0.1, 0.15) is 54.9 Å². The summed E-state index contributed by atoms with van der Waals surface area (Å²) in [5.74, 6) is -0.442. The van der Waals surface area contributed by atoms with Gasteiger partial charge in [-0.25, -0.2) is 4.98 Å². The normalized spacial score (nSPS) is 17.0. The second-order valence-corrected chi connectivity index (χ2v) is 11.2. The molecule has 2 fully saturated rings. The molecule has 2 amide bonds. The number of hydrogen-bond acceptors (Lipinski definition) is 7. The van der Waals surface area contributed by atoms with Crippen molar-refractivity contribution in [3.63, 3.8) is 0 Å². The molecule has 1 saturated carbocycles. The molecule has 1 spiro atoms. The lowest BCUT2D eigenvalue weighted by atomic mass is 9.60. The summed E-state index contributed by atoms with van der Waals surface area (Å²) in [5.41, 5.74) is 1.65. The maximum Gasteiger partial charge on any atom is 0.305 e. The predicted octanol–water partition coefficient (Wildman–Crippen LogP) is 4.01. The van der Waals surface area contributed by atoms with Crippen LogP contribution in [0.4, 0.5) is 0 Å². The van der Waals surface area contributed by atoms with E-state index in [1.165, 1.54) is 19.4 Å². The van der Waals surface area contributed by atoms with E-state index in [4.69, 9.17) is 27.9 Å². The van der Waals surface area contributed by atoms with Gasteiger partial charge < -0.3 is 25.0 Å². The highest BCUT2D eigenvalue weighted by molar-refractivity contribution is 6.35. The Morgan fingerprint density at radius 3 is 2.67 bits per heavy atom. The van der Waals surface area contributed by atoms with Gasteiger partial charge in [-0.3, -0.25) is 14.4 Å². The summed E-state index contributed by atoms with van der Waals surface area (Å²) in [6.07, 6.45) is 4.24. The number of ether oxygens (including phenoxy) is 2. The van der Waals surface area contributed by atoms with Crippen LogP contribution >= 0.6 is 23.2 Å². The zero-order valence-electron chi connectivity index (χ0n) is 22.2. The molecular formula is C28H34Cl2N4O5. The molecule has 2 aliphatic rings. The maximum absolute atomic E-state index is 12.9. The number of aromatic nitrogens is 1. The Kier molecular flexibility index (Phi) is 9.69. The summed E-state index contributed by atoms with van der Waals surface area (Å²) in [4.78, 5) is 43.2. The highest BCUT2D eigenvalue weighted by Gasteiger charge is 2.52. The standard InChI is InChI=1S/C28H34Cl2N4O5/c1-3-23(39-27-22(30)11-20(29)15-32-27)26(37)31-14-18-6-4-7-19(10-18)25(36)33-21-12-28(13-21)16-34(17-28)9-5-8-24(35)38-2/h4,6-7,10-11,15,21,23H,3,5,8-9,12-14,16-17H2,1-2H3,(H,31,37)(H,33,36). The molecule has 2 heterocycles. The number of benzene rings is 1. The van der Waals surface area contributed by atoms with Crippen molar-refractivity contribution >= 4 is 41.0 Å². The van der Waals surface area contributed by atoms with Crippen LogP contribution in [0.5, 0.6) is 5.88 Å². The summed E-state index contributed by atoms with van der Waals surface area (Å²) in [6.45, 7) is 5.00. The van der Waals surface area contributed by atoms with E-state index >= 15 is 0 Å². The van der Waals surface area contributed by atoms with Crippen LogP contribution in [0.2, 0.25) is 10.0 Å². The van der Waals surface area contributed by atoms with Gasteiger partial charge in [0.25, 0.3) is 11.8 Å². The van der Waals surface area contributed by atoms with Gasteiger partial charge in [-0.2, -0.15) is 0 Å². The second kappa shape index (κ2) is 13.0. The molecule has 0 bridgehead atoms. The van der Waals surface area contributed by atoms with Crippen molar-refractivity contribution in [2.75, 3.05) is 26.7 Å². The van der Waals surface area contributed by atoms with Crippen LogP contribution in [0, 0.1) is 5.41 Å². The molecule has 1 atom stereocenters. The number of halogens is 2. The Bertz CT molecular complexity index is 1200. The number of rotatable bonds is 12. The Balaban J connectivity index is 1.20. The first-order valence-electron chi connectivity index (χ1n) is 13.1. The molecular weight excluding hydrogens is 543 g/mol. The molecule has 2 aromatic rings. The molecule has 1 aliphatic carbocycles. The summed E-state index contributed by atoms with van der Waals surface area (Å²) in [6, 6.07) is 8.89. The highest BCUT2D eigenvalue weighted by Crippen LogP contribution is 2.48. The number of carbonyl (C=O) groups excluding carboxylic acids is 3. The molecule has 9 nitrogen and oxygen atoms in total. The van der Waals surface area contributed by atoms with Crippen LogP contribution in [-0.2, 0) is 20.9 Å². The quantitative estimate of drug-likeness (QED) is 0.367. The minimum atomic E-state index is -0.774. The average Bonchev–Trinajstić information content (AvgIpc) is 2.88. The van der Waals surface area contributed by atoms with E-state index in [0.717, 1.165) is 44.5 Å². The molecule has 1 aromatic heterocycles. The zero-order chi connectivity index (χ0) is 28.0. The van der Waals surface area contributed by atoms with Gasteiger partial charge in [0.15, 0.2) is 6.10 Å². The third-order valence-electron chi connectivity index (χ3n) is 7.24. The van der Waals surface area contributed by atoms with E-state index in [0.29, 0.717) is 28.8 Å². The first-order chi connectivity index (χ1) is 18.7. The third-order valence-corrected chi connectivity index (χ3v) is 7.72. The van der Waals surface area contributed by atoms with E-state index in [9.17, 15) is 14.4 Å².